The van der Waals surface area contributed by atoms with Crippen LogP contribution < -0.4 is 16.6 Å². The van der Waals surface area contributed by atoms with E-state index in [9.17, 15) is 14.4 Å². The molecule has 2 aliphatic rings. The summed E-state index contributed by atoms with van der Waals surface area (Å²) in [5.74, 6) is 0. The van der Waals surface area contributed by atoms with Crippen molar-refractivity contribution in [2.75, 3.05) is 6.61 Å². The average molecular weight is 514 g/mol. The molecule has 0 spiro atoms. The smallest absolute Gasteiger partial charge is 0.335 e. The van der Waals surface area contributed by atoms with Gasteiger partial charge in [-0.15, -0.1) is 0 Å². The second-order valence-corrected chi connectivity index (χ2v) is 19.3. The standard InChI is InChI=1S/C22H39N3O7Si2/c1-13(2)33(14(3)4)29-11-17-20(31-34(32-33,15(5)6)16(7)8)19(23-12-26)21(30-17)25-10-9-18(27)24-22(25)28/h9-10,12-17,19-21H,11H2,1-8H3,(H,23,26)(H,24,27,28)/t17-,19-,20-,21-/m1/s1. The highest BCUT2D eigenvalue weighted by Crippen LogP contribution is 2.48. The topological polar surface area (TPSA) is 121 Å². The fourth-order valence-electron chi connectivity index (χ4n) is 5.28. The number of aromatic nitrogens is 2. The van der Waals surface area contributed by atoms with Gasteiger partial charge in [0, 0.05) is 12.3 Å². The van der Waals surface area contributed by atoms with E-state index >= 15 is 0 Å². The SMILES string of the molecule is CC(C)[Si]1(C(C)C)OC[C@H]2O[C@@H](n3ccc(=O)[nH]c3=O)[C@H](NC=O)[C@@H]2O[Si](C(C)C)(C(C)C)O1. The molecule has 10 nitrogen and oxygen atoms in total. The van der Waals surface area contributed by atoms with Gasteiger partial charge in [-0.05, 0) is 22.2 Å². The molecule has 0 aromatic carbocycles. The van der Waals surface area contributed by atoms with E-state index < -0.39 is 52.8 Å². The van der Waals surface area contributed by atoms with Crippen LogP contribution in [-0.4, -0.2) is 57.9 Å². The Morgan fingerprint density at radius 3 is 2.12 bits per heavy atom. The second kappa shape index (κ2) is 10.2. The molecule has 34 heavy (non-hydrogen) atoms. The summed E-state index contributed by atoms with van der Waals surface area (Å²) in [5, 5.41) is 2.80. The van der Waals surface area contributed by atoms with Gasteiger partial charge in [0.25, 0.3) is 5.56 Å². The third kappa shape index (κ3) is 4.63. The summed E-state index contributed by atoms with van der Waals surface area (Å²) in [5.41, 5.74) is -0.559. The fourth-order valence-corrected chi connectivity index (χ4v) is 16.5. The van der Waals surface area contributed by atoms with Crippen molar-refractivity contribution in [2.24, 2.45) is 0 Å². The van der Waals surface area contributed by atoms with Gasteiger partial charge in [0.15, 0.2) is 6.23 Å². The van der Waals surface area contributed by atoms with Crippen LogP contribution in [-0.2, 0) is 22.5 Å². The van der Waals surface area contributed by atoms with Gasteiger partial charge in [-0.25, -0.2) is 4.79 Å². The first kappa shape index (κ1) is 27.0. The summed E-state index contributed by atoms with van der Waals surface area (Å²) >= 11 is 0. The number of carbonyl (C=O) groups is 1. The van der Waals surface area contributed by atoms with E-state index in [2.05, 4.69) is 65.7 Å². The Kier molecular flexibility index (Phi) is 8.10. The Morgan fingerprint density at radius 1 is 1.03 bits per heavy atom. The maximum atomic E-state index is 12.6. The molecular weight excluding hydrogens is 474 g/mol. The number of nitrogens with one attached hydrogen (secondary N) is 2. The van der Waals surface area contributed by atoms with Crippen molar-refractivity contribution < 1.29 is 22.5 Å². The van der Waals surface area contributed by atoms with Gasteiger partial charge in [0.1, 0.15) is 18.2 Å². The Hall–Kier alpha value is -1.58. The van der Waals surface area contributed by atoms with Crippen LogP contribution in [0.4, 0.5) is 0 Å². The van der Waals surface area contributed by atoms with E-state index in [0.29, 0.717) is 6.41 Å². The Labute approximate surface area is 202 Å². The minimum atomic E-state index is -2.94. The number of nitrogens with zero attached hydrogens (tertiary/aromatic N) is 1. The largest absolute Gasteiger partial charge is 0.414 e. The molecule has 2 N–H and O–H groups in total. The fraction of sp³-hybridized carbons (Fsp3) is 0.773. The van der Waals surface area contributed by atoms with Gasteiger partial charge in [-0.1, -0.05) is 55.4 Å². The van der Waals surface area contributed by atoms with E-state index in [1.165, 1.54) is 16.8 Å². The van der Waals surface area contributed by atoms with Gasteiger partial charge in [0.2, 0.25) is 6.41 Å². The lowest BCUT2D eigenvalue weighted by atomic mass is 10.1. The molecular formula is C22H39N3O7Si2. The molecule has 3 heterocycles. The molecule has 2 saturated heterocycles. The molecule has 12 heteroatoms. The maximum Gasteiger partial charge on any atom is 0.335 e. The zero-order valence-electron chi connectivity index (χ0n) is 21.4. The van der Waals surface area contributed by atoms with Crippen LogP contribution >= 0.6 is 0 Å². The van der Waals surface area contributed by atoms with Crippen LogP contribution in [0.2, 0.25) is 22.2 Å². The van der Waals surface area contributed by atoms with Crippen LogP contribution in [0.3, 0.4) is 0 Å². The molecule has 192 valence electrons. The van der Waals surface area contributed by atoms with E-state index in [-0.39, 0.29) is 28.8 Å². The quantitative estimate of drug-likeness (QED) is 0.424. The first-order valence-corrected chi connectivity index (χ1v) is 16.0. The number of amides is 1. The van der Waals surface area contributed by atoms with E-state index in [1.807, 2.05) is 0 Å². The summed E-state index contributed by atoms with van der Waals surface area (Å²) in [6, 6.07) is 0.579. The van der Waals surface area contributed by atoms with Crippen molar-refractivity contribution in [2.45, 2.75) is 102 Å². The van der Waals surface area contributed by atoms with Crippen LogP contribution in [0.5, 0.6) is 0 Å². The van der Waals surface area contributed by atoms with Crippen molar-refractivity contribution in [3.05, 3.63) is 33.1 Å². The Bertz CT molecular complexity index is 962. The number of ether oxygens (including phenoxy) is 1. The molecule has 0 aliphatic carbocycles. The number of rotatable bonds is 7. The Morgan fingerprint density at radius 2 is 1.62 bits per heavy atom. The highest BCUT2D eigenvalue weighted by molar-refractivity contribution is 6.84. The van der Waals surface area contributed by atoms with Crippen molar-refractivity contribution in [3.8, 4) is 0 Å². The zero-order chi connectivity index (χ0) is 25.4. The number of hydrogen-bond acceptors (Lipinski definition) is 7. The Balaban J connectivity index is 2.14. The lowest BCUT2D eigenvalue weighted by Crippen LogP contribution is -2.66. The molecule has 2 aliphatic heterocycles. The average Bonchev–Trinajstić information content (AvgIpc) is 3.04. The first-order valence-electron chi connectivity index (χ1n) is 12.1. The van der Waals surface area contributed by atoms with Crippen molar-refractivity contribution >= 4 is 23.5 Å². The van der Waals surface area contributed by atoms with Crippen molar-refractivity contribution in [1.29, 1.82) is 0 Å². The van der Waals surface area contributed by atoms with Crippen LogP contribution in [0, 0.1) is 0 Å². The third-order valence-electron chi connectivity index (χ3n) is 7.06. The molecule has 0 unspecified atom stereocenters. The number of carbonyl (C=O) groups excluding carboxylic acids is 1. The van der Waals surface area contributed by atoms with Gasteiger partial charge in [0.05, 0.1) is 6.61 Å². The highest BCUT2D eigenvalue weighted by atomic mass is 28.5. The summed E-state index contributed by atoms with van der Waals surface area (Å²) < 4.78 is 28.5. The lowest BCUT2D eigenvalue weighted by molar-refractivity contribution is -0.111. The molecule has 3 rings (SSSR count). The number of hydrogen-bond donors (Lipinski definition) is 2. The van der Waals surface area contributed by atoms with Crippen LogP contribution in [0.1, 0.15) is 61.6 Å². The molecule has 1 amide bonds. The summed E-state index contributed by atoms with van der Waals surface area (Å²) in [4.78, 5) is 38.0. The van der Waals surface area contributed by atoms with Gasteiger partial charge in [-0.2, -0.15) is 0 Å². The van der Waals surface area contributed by atoms with Gasteiger partial charge in [-0.3, -0.25) is 19.1 Å². The summed E-state index contributed by atoms with van der Waals surface area (Å²) in [6.07, 6.45) is -0.0279. The normalized spacial score (nSPS) is 28.7. The molecule has 0 bridgehead atoms. The predicted octanol–water partition coefficient (Wildman–Crippen LogP) is 2.50. The molecule has 2 fully saturated rings. The van der Waals surface area contributed by atoms with Crippen LogP contribution in [0.15, 0.2) is 21.9 Å². The number of aromatic amines is 1. The maximum absolute atomic E-state index is 12.6. The number of H-pyrrole nitrogens is 1. The summed E-state index contributed by atoms with van der Waals surface area (Å²) in [6.45, 7) is 17.2. The van der Waals surface area contributed by atoms with Crippen molar-refractivity contribution in [3.63, 3.8) is 0 Å². The van der Waals surface area contributed by atoms with Gasteiger partial charge < -0.3 is 23.0 Å². The molecule has 0 saturated carbocycles. The molecule has 1 aromatic heterocycles. The molecule has 4 atom stereocenters. The monoisotopic (exact) mass is 513 g/mol. The minimum absolute atomic E-state index is 0.103. The van der Waals surface area contributed by atoms with Crippen LogP contribution in [0.25, 0.3) is 0 Å². The summed E-state index contributed by atoms with van der Waals surface area (Å²) in [7, 11) is -5.69. The molecule has 0 radical (unpaired) electrons. The second-order valence-electron chi connectivity index (χ2n) is 10.4. The predicted molar refractivity (Wildman–Crippen MR) is 132 cm³/mol. The van der Waals surface area contributed by atoms with Crippen molar-refractivity contribution in [1.82, 2.24) is 14.9 Å². The highest BCUT2D eigenvalue weighted by Gasteiger charge is 2.61. The van der Waals surface area contributed by atoms with Gasteiger partial charge >= 0.3 is 22.8 Å². The lowest BCUT2D eigenvalue weighted by Gasteiger charge is -2.51. The minimum Gasteiger partial charge on any atom is -0.414 e. The van der Waals surface area contributed by atoms with E-state index in [0.717, 1.165) is 0 Å². The zero-order valence-corrected chi connectivity index (χ0v) is 23.4. The third-order valence-corrected chi connectivity index (χ3v) is 17.3. The first-order chi connectivity index (χ1) is 15.9. The number of fused-ring (bicyclic) bond motifs is 1. The molecule has 1 aromatic rings. The van der Waals surface area contributed by atoms with E-state index in [4.69, 9.17) is 17.7 Å². The van der Waals surface area contributed by atoms with E-state index in [1.54, 1.807) is 0 Å².